The number of nitrogens with zero attached hydrogens (tertiary/aromatic N) is 1. The molecule has 1 fully saturated rings. The molecule has 3 aromatic rings. The molecule has 0 radical (unpaired) electrons. The fraction of sp³-hybridized carbons (Fsp3) is 0.231. The molecule has 34 heavy (non-hydrogen) atoms. The van der Waals surface area contributed by atoms with Crippen molar-refractivity contribution < 1.29 is 23.8 Å². The normalized spacial score (nSPS) is 14.9. The van der Waals surface area contributed by atoms with E-state index in [2.05, 4.69) is 34.1 Å². The number of thioether (sulfide) groups is 1. The van der Waals surface area contributed by atoms with Crippen LogP contribution in [0.15, 0.2) is 64.0 Å². The van der Waals surface area contributed by atoms with Gasteiger partial charge in [-0.05, 0) is 58.3 Å². The second kappa shape index (κ2) is 11.1. The van der Waals surface area contributed by atoms with Gasteiger partial charge in [0.05, 0.1) is 12.0 Å². The van der Waals surface area contributed by atoms with Crippen LogP contribution in [0.2, 0.25) is 0 Å². The van der Waals surface area contributed by atoms with Crippen LogP contribution in [0.25, 0.3) is 16.8 Å². The fourth-order valence-electron chi connectivity index (χ4n) is 3.71. The highest BCUT2D eigenvalue weighted by Crippen LogP contribution is 2.38. The van der Waals surface area contributed by atoms with E-state index in [0.29, 0.717) is 42.6 Å². The summed E-state index contributed by atoms with van der Waals surface area (Å²) < 4.78 is 17.4. The Labute approximate surface area is 211 Å². The first kappa shape index (κ1) is 24.3. The molecule has 0 aromatic heterocycles. The highest BCUT2D eigenvalue weighted by atomic mass is 79.9. The van der Waals surface area contributed by atoms with E-state index in [1.165, 1.54) is 4.90 Å². The maximum absolute atomic E-state index is 12.7. The Hall–Kier alpha value is -2.81. The Morgan fingerprint density at radius 2 is 1.82 bits per heavy atom. The van der Waals surface area contributed by atoms with Crippen LogP contribution in [0.5, 0.6) is 11.5 Å². The predicted octanol–water partition coefficient (Wildman–Crippen LogP) is 6.26. The summed E-state index contributed by atoms with van der Waals surface area (Å²) in [6.45, 7) is 1.20. The van der Waals surface area contributed by atoms with E-state index in [4.69, 9.17) is 14.2 Å². The van der Waals surface area contributed by atoms with Crippen LogP contribution in [0.4, 0.5) is 4.79 Å². The Balaban J connectivity index is 1.54. The van der Waals surface area contributed by atoms with Gasteiger partial charge in [0.1, 0.15) is 6.61 Å². The van der Waals surface area contributed by atoms with Crippen molar-refractivity contribution in [3.8, 4) is 11.5 Å². The highest BCUT2D eigenvalue weighted by Gasteiger charge is 2.34. The van der Waals surface area contributed by atoms with Crippen molar-refractivity contribution in [2.75, 3.05) is 27.4 Å². The molecule has 0 aliphatic carbocycles. The van der Waals surface area contributed by atoms with Crippen LogP contribution >= 0.6 is 27.7 Å². The topological polar surface area (TPSA) is 65.1 Å². The molecule has 0 atom stereocenters. The fourth-order valence-corrected chi connectivity index (χ4v) is 5.00. The second-order valence-corrected chi connectivity index (χ2v) is 9.48. The Bertz CT molecular complexity index is 1250. The summed E-state index contributed by atoms with van der Waals surface area (Å²) in [5.74, 6) is 0.814. The van der Waals surface area contributed by atoms with E-state index in [-0.39, 0.29) is 11.1 Å². The summed E-state index contributed by atoms with van der Waals surface area (Å²) in [6.07, 6.45) is 2.30. The molecule has 2 amide bonds. The molecule has 0 unspecified atom stereocenters. The third-order valence-electron chi connectivity index (χ3n) is 5.44. The van der Waals surface area contributed by atoms with Crippen LogP contribution in [-0.4, -0.2) is 43.4 Å². The molecule has 8 heteroatoms. The number of ether oxygens (including phenoxy) is 3. The maximum Gasteiger partial charge on any atom is 0.293 e. The first-order valence-corrected chi connectivity index (χ1v) is 12.3. The van der Waals surface area contributed by atoms with E-state index in [9.17, 15) is 9.59 Å². The minimum atomic E-state index is -0.298. The molecule has 0 N–H and O–H groups in total. The monoisotopic (exact) mass is 541 g/mol. The minimum Gasteiger partial charge on any atom is -0.493 e. The smallest absolute Gasteiger partial charge is 0.293 e. The zero-order chi connectivity index (χ0) is 24.1. The lowest BCUT2D eigenvalue weighted by Crippen LogP contribution is -2.29. The summed E-state index contributed by atoms with van der Waals surface area (Å²) in [5, 5.41) is 2.02. The average Bonchev–Trinajstić information content (AvgIpc) is 3.11. The van der Waals surface area contributed by atoms with Gasteiger partial charge in [-0.2, -0.15) is 0 Å². The zero-order valence-corrected chi connectivity index (χ0v) is 21.3. The second-order valence-electron chi connectivity index (χ2n) is 7.63. The Kier molecular flexibility index (Phi) is 7.92. The molecule has 0 spiro atoms. The molecule has 176 valence electrons. The molecular formula is C26H24BrNO5S. The molecule has 1 aliphatic heterocycles. The lowest BCUT2D eigenvalue weighted by molar-refractivity contribution is -0.122. The molecule has 3 aromatic carbocycles. The summed E-state index contributed by atoms with van der Waals surface area (Å²) in [7, 11) is 3.16. The van der Waals surface area contributed by atoms with Crippen molar-refractivity contribution in [1.82, 2.24) is 4.90 Å². The number of amides is 2. The first-order chi connectivity index (χ1) is 16.5. The lowest BCUT2D eigenvalue weighted by atomic mass is 10.1. The molecular weight excluding hydrogens is 518 g/mol. The third-order valence-corrected chi connectivity index (χ3v) is 7.03. The van der Waals surface area contributed by atoms with Crippen molar-refractivity contribution in [1.29, 1.82) is 0 Å². The van der Waals surface area contributed by atoms with Crippen molar-refractivity contribution in [2.24, 2.45) is 0 Å². The Morgan fingerprint density at radius 3 is 2.62 bits per heavy atom. The third kappa shape index (κ3) is 5.29. The molecule has 0 saturated carbocycles. The number of benzene rings is 3. The van der Waals surface area contributed by atoms with Crippen LogP contribution in [0.1, 0.15) is 17.5 Å². The summed E-state index contributed by atoms with van der Waals surface area (Å²) in [5.41, 5.74) is 1.79. The van der Waals surface area contributed by atoms with E-state index in [1.807, 2.05) is 30.3 Å². The number of halogens is 1. The quantitative estimate of drug-likeness (QED) is 0.235. The lowest BCUT2D eigenvalue weighted by Gasteiger charge is -2.14. The van der Waals surface area contributed by atoms with Gasteiger partial charge in [0.15, 0.2) is 11.5 Å². The highest BCUT2D eigenvalue weighted by molar-refractivity contribution is 9.10. The molecule has 6 nitrogen and oxygen atoms in total. The number of methoxy groups -OCH3 is 2. The van der Waals surface area contributed by atoms with Crippen LogP contribution in [-0.2, 0) is 16.1 Å². The number of carbonyl (C=O) groups excluding carboxylic acids is 2. The van der Waals surface area contributed by atoms with Gasteiger partial charge in [-0.3, -0.25) is 14.5 Å². The van der Waals surface area contributed by atoms with Crippen LogP contribution in [0.3, 0.4) is 0 Å². The van der Waals surface area contributed by atoms with Gasteiger partial charge in [-0.15, -0.1) is 0 Å². The molecule has 4 rings (SSSR count). The number of imide groups is 1. The standard InChI is InChI=1S/C26H24BrNO5S/c1-31-12-6-11-28-25(29)24(34-26(28)30)14-19-13-22(32-2)23(15-21(19)27)33-16-18-9-5-8-17-7-3-4-10-20(17)18/h3-5,7-10,13-15H,6,11-12,16H2,1-2H3/b24-14+. The van der Waals surface area contributed by atoms with Gasteiger partial charge in [0, 0.05) is 24.7 Å². The van der Waals surface area contributed by atoms with Crippen LogP contribution in [0, 0.1) is 0 Å². The van der Waals surface area contributed by atoms with Gasteiger partial charge >= 0.3 is 0 Å². The largest absolute Gasteiger partial charge is 0.493 e. The number of carbonyl (C=O) groups is 2. The van der Waals surface area contributed by atoms with E-state index >= 15 is 0 Å². The predicted molar refractivity (Wildman–Crippen MR) is 138 cm³/mol. The summed E-state index contributed by atoms with van der Waals surface area (Å²) in [6, 6.07) is 17.9. The van der Waals surface area contributed by atoms with Gasteiger partial charge in [-0.25, -0.2) is 0 Å². The number of rotatable bonds is 9. The van der Waals surface area contributed by atoms with Gasteiger partial charge < -0.3 is 14.2 Å². The summed E-state index contributed by atoms with van der Waals surface area (Å²) in [4.78, 5) is 26.6. The van der Waals surface area contributed by atoms with Gasteiger partial charge in [0.25, 0.3) is 11.1 Å². The van der Waals surface area contributed by atoms with Crippen molar-refractivity contribution >= 4 is 55.7 Å². The number of hydrogen-bond donors (Lipinski definition) is 0. The van der Waals surface area contributed by atoms with Gasteiger partial charge in [-0.1, -0.05) is 58.4 Å². The number of fused-ring (bicyclic) bond motifs is 1. The molecule has 1 saturated heterocycles. The molecule has 1 aliphatic rings. The van der Waals surface area contributed by atoms with E-state index in [0.717, 1.165) is 38.1 Å². The van der Waals surface area contributed by atoms with Crippen molar-refractivity contribution in [3.05, 3.63) is 75.1 Å². The van der Waals surface area contributed by atoms with Gasteiger partial charge in [0.2, 0.25) is 0 Å². The van der Waals surface area contributed by atoms with E-state index < -0.39 is 0 Å². The van der Waals surface area contributed by atoms with Crippen LogP contribution < -0.4 is 9.47 Å². The van der Waals surface area contributed by atoms with Crippen molar-refractivity contribution in [3.63, 3.8) is 0 Å². The van der Waals surface area contributed by atoms with Crippen molar-refractivity contribution in [2.45, 2.75) is 13.0 Å². The first-order valence-electron chi connectivity index (χ1n) is 10.7. The SMILES string of the molecule is COCCCN1C(=O)S/C(=C/c2cc(OC)c(OCc3cccc4ccccc34)cc2Br)C1=O. The Morgan fingerprint density at radius 1 is 1.03 bits per heavy atom. The maximum atomic E-state index is 12.7. The number of hydrogen-bond acceptors (Lipinski definition) is 6. The minimum absolute atomic E-state index is 0.273. The van der Waals surface area contributed by atoms with E-state index in [1.54, 1.807) is 26.4 Å². The molecule has 0 bridgehead atoms. The summed E-state index contributed by atoms with van der Waals surface area (Å²) >= 11 is 4.50. The molecule has 1 heterocycles. The average molecular weight is 542 g/mol. The zero-order valence-electron chi connectivity index (χ0n) is 18.9.